The molecule has 0 aliphatic heterocycles. The molecule has 0 bridgehead atoms. The summed E-state index contributed by atoms with van der Waals surface area (Å²) in [5.74, 6) is 2.75. The van der Waals surface area contributed by atoms with Gasteiger partial charge in [0.2, 0.25) is 5.89 Å². The lowest BCUT2D eigenvalue weighted by atomic mass is 10.5. The zero-order chi connectivity index (χ0) is 12.3. The van der Waals surface area contributed by atoms with Crippen LogP contribution in [0.1, 0.15) is 32.0 Å². The minimum atomic E-state index is 0. The highest BCUT2D eigenvalue weighted by Crippen LogP contribution is 2.28. The summed E-state index contributed by atoms with van der Waals surface area (Å²) in [6.45, 7) is 7.33. The van der Waals surface area contributed by atoms with E-state index < -0.39 is 0 Å². The maximum atomic E-state index is 4.90. The van der Waals surface area contributed by atoms with Crippen LogP contribution in [0.4, 0.5) is 0 Å². The zero-order valence-corrected chi connectivity index (χ0v) is 13.3. The number of hydrogen-bond acceptors (Lipinski definition) is 4. The second-order valence-corrected chi connectivity index (χ2v) is 4.39. The number of rotatable bonds is 4. The van der Waals surface area contributed by atoms with Gasteiger partial charge in [-0.15, -0.1) is 24.0 Å². The molecule has 1 aliphatic rings. The Morgan fingerprint density at radius 1 is 1.56 bits per heavy atom. The van der Waals surface area contributed by atoms with Crippen LogP contribution in [-0.4, -0.2) is 28.7 Å². The van der Waals surface area contributed by atoms with E-state index in [2.05, 4.69) is 32.7 Å². The van der Waals surface area contributed by atoms with Crippen LogP contribution in [-0.2, 0) is 6.54 Å². The van der Waals surface area contributed by atoms with E-state index in [0.717, 1.165) is 18.4 Å². The molecule has 1 aromatic rings. The third-order valence-corrected chi connectivity index (χ3v) is 2.72. The Kier molecular flexibility index (Phi) is 5.83. The van der Waals surface area contributed by atoms with E-state index in [1.807, 2.05) is 6.92 Å². The average molecular weight is 365 g/mol. The molecule has 1 aliphatic carbocycles. The van der Waals surface area contributed by atoms with Crippen LogP contribution in [0.15, 0.2) is 9.52 Å². The molecule has 2 rings (SSSR count). The van der Waals surface area contributed by atoms with E-state index in [1.54, 1.807) is 6.92 Å². The topological polar surface area (TPSA) is 75.3 Å². The lowest BCUT2D eigenvalue weighted by Crippen LogP contribution is -2.39. The normalized spacial score (nSPS) is 22.3. The summed E-state index contributed by atoms with van der Waals surface area (Å²) in [4.78, 5) is 8.53. The Hall–Kier alpha value is -0.860. The Balaban J connectivity index is 0.00000162. The molecule has 102 valence electrons. The number of halogens is 1. The van der Waals surface area contributed by atoms with E-state index in [4.69, 9.17) is 4.52 Å². The molecule has 2 atom stereocenters. The first-order valence-electron chi connectivity index (χ1n) is 6.03. The summed E-state index contributed by atoms with van der Waals surface area (Å²) in [5, 5.41) is 10.4. The van der Waals surface area contributed by atoms with Crippen molar-refractivity contribution in [2.45, 2.75) is 39.8 Å². The maximum Gasteiger partial charge on any atom is 0.223 e. The summed E-state index contributed by atoms with van der Waals surface area (Å²) < 4.78 is 4.90. The molecule has 0 spiro atoms. The van der Waals surface area contributed by atoms with Crippen LogP contribution in [0.5, 0.6) is 0 Å². The fourth-order valence-corrected chi connectivity index (χ4v) is 1.57. The second-order valence-electron chi connectivity index (χ2n) is 4.39. The second kappa shape index (κ2) is 6.91. The third kappa shape index (κ3) is 4.43. The van der Waals surface area contributed by atoms with Crippen LogP contribution in [0, 0.1) is 12.8 Å². The number of guanidine groups is 1. The highest BCUT2D eigenvalue weighted by atomic mass is 127. The van der Waals surface area contributed by atoms with Crippen molar-refractivity contribution in [3.63, 3.8) is 0 Å². The predicted molar refractivity (Wildman–Crippen MR) is 80.0 cm³/mol. The van der Waals surface area contributed by atoms with Crippen molar-refractivity contribution in [2.24, 2.45) is 10.9 Å². The van der Waals surface area contributed by atoms with Crippen LogP contribution < -0.4 is 10.6 Å². The average Bonchev–Trinajstić information content (AvgIpc) is 2.81. The van der Waals surface area contributed by atoms with Crippen molar-refractivity contribution in [2.75, 3.05) is 6.54 Å². The summed E-state index contributed by atoms with van der Waals surface area (Å²) >= 11 is 0. The lowest BCUT2D eigenvalue weighted by Gasteiger charge is -2.09. The molecule has 0 radical (unpaired) electrons. The van der Waals surface area contributed by atoms with Gasteiger partial charge >= 0.3 is 0 Å². The minimum absolute atomic E-state index is 0. The number of aliphatic imine (C=N–C) groups is 1. The van der Waals surface area contributed by atoms with Gasteiger partial charge in [-0.2, -0.15) is 4.98 Å². The van der Waals surface area contributed by atoms with Gasteiger partial charge in [-0.1, -0.05) is 12.1 Å². The molecule has 6 nitrogen and oxygen atoms in total. The number of aryl methyl sites for hydroxylation is 1. The molecule has 1 fully saturated rings. The van der Waals surface area contributed by atoms with E-state index in [9.17, 15) is 0 Å². The van der Waals surface area contributed by atoms with Crippen molar-refractivity contribution in [1.29, 1.82) is 0 Å². The molecular formula is C11H20IN5O. The van der Waals surface area contributed by atoms with Crippen LogP contribution in [0.25, 0.3) is 0 Å². The number of nitrogens with zero attached hydrogens (tertiary/aromatic N) is 3. The van der Waals surface area contributed by atoms with Gasteiger partial charge in [-0.3, -0.25) is 0 Å². The molecule has 0 amide bonds. The summed E-state index contributed by atoms with van der Waals surface area (Å²) in [5.41, 5.74) is 0. The third-order valence-electron chi connectivity index (χ3n) is 2.72. The van der Waals surface area contributed by atoms with Crippen molar-refractivity contribution >= 4 is 29.9 Å². The first kappa shape index (κ1) is 15.2. The summed E-state index contributed by atoms with van der Waals surface area (Å²) in [6.07, 6.45) is 1.21. The number of aromatic nitrogens is 2. The van der Waals surface area contributed by atoms with Gasteiger partial charge in [0.15, 0.2) is 11.8 Å². The van der Waals surface area contributed by atoms with Crippen LogP contribution in [0.2, 0.25) is 0 Å². The Labute approximate surface area is 124 Å². The molecule has 7 heteroatoms. The van der Waals surface area contributed by atoms with Crippen LogP contribution >= 0.6 is 24.0 Å². The van der Waals surface area contributed by atoms with Crippen LogP contribution in [0.3, 0.4) is 0 Å². The molecular weight excluding hydrogens is 345 g/mol. The highest BCUT2D eigenvalue weighted by molar-refractivity contribution is 14.0. The van der Waals surface area contributed by atoms with Crippen molar-refractivity contribution in [3.8, 4) is 0 Å². The van der Waals surface area contributed by atoms with Gasteiger partial charge in [-0.25, -0.2) is 4.99 Å². The Bertz CT molecular complexity index is 406. The fraction of sp³-hybridized carbons (Fsp3) is 0.727. The molecule has 1 aromatic heterocycles. The molecule has 2 unspecified atom stereocenters. The van der Waals surface area contributed by atoms with E-state index in [1.165, 1.54) is 6.42 Å². The molecule has 18 heavy (non-hydrogen) atoms. The van der Waals surface area contributed by atoms with Crippen molar-refractivity contribution in [1.82, 2.24) is 20.8 Å². The molecule has 0 saturated heterocycles. The molecule has 0 aromatic carbocycles. The quantitative estimate of drug-likeness (QED) is 0.480. The standard InChI is InChI=1S/C11H19N5O.HI/c1-4-12-11(15-9-5-7(9)2)13-6-10-14-8(3)17-16-10;/h7,9H,4-6H2,1-3H3,(H2,12,13,15);1H. The van der Waals surface area contributed by atoms with Gasteiger partial charge in [0.05, 0.1) is 0 Å². The van der Waals surface area contributed by atoms with E-state index >= 15 is 0 Å². The Morgan fingerprint density at radius 3 is 2.78 bits per heavy atom. The Morgan fingerprint density at radius 2 is 2.28 bits per heavy atom. The summed E-state index contributed by atoms with van der Waals surface area (Å²) in [7, 11) is 0. The maximum absolute atomic E-state index is 4.90. The van der Waals surface area contributed by atoms with Gasteiger partial charge in [0, 0.05) is 19.5 Å². The van der Waals surface area contributed by atoms with Crippen molar-refractivity contribution in [3.05, 3.63) is 11.7 Å². The van der Waals surface area contributed by atoms with Gasteiger partial charge in [0.1, 0.15) is 6.54 Å². The number of hydrogen-bond donors (Lipinski definition) is 2. The number of nitrogens with one attached hydrogen (secondary N) is 2. The smallest absolute Gasteiger partial charge is 0.223 e. The van der Waals surface area contributed by atoms with Gasteiger partial charge in [-0.05, 0) is 19.3 Å². The van der Waals surface area contributed by atoms with E-state index in [0.29, 0.717) is 24.3 Å². The van der Waals surface area contributed by atoms with E-state index in [-0.39, 0.29) is 24.0 Å². The summed E-state index contributed by atoms with van der Waals surface area (Å²) in [6, 6.07) is 0.555. The largest absolute Gasteiger partial charge is 0.357 e. The highest BCUT2D eigenvalue weighted by Gasteiger charge is 2.33. The van der Waals surface area contributed by atoms with Gasteiger partial charge < -0.3 is 15.2 Å². The predicted octanol–water partition coefficient (Wildman–Crippen LogP) is 1.46. The zero-order valence-electron chi connectivity index (χ0n) is 10.9. The monoisotopic (exact) mass is 365 g/mol. The minimum Gasteiger partial charge on any atom is -0.357 e. The van der Waals surface area contributed by atoms with Crippen molar-refractivity contribution < 1.29 is 4.52 Å². The SMILES string of the molecule is CCNC(=NCc1noc(C)n1)NC1CC1C.I. The molecule has 2 N–H and O–H groups in total. The fourth-order valence-electron chi connectivity index (χ4n) is 1.57. The first-order chi connectivity index (χ1) is 8.19. The molecule has 1 heterocycles. The van der Waals surface area contributed by atoms with Gasteiger partial charge in [0.25, 0.3) is 0 Å². The first-order valence-corrected chi connectivity index (χ1v) is 6.03. The lowest BCUT2D eigenvalue weighted by molar-refractivity contribution is 0.387. The molecule has 1 saturated carbocycles.